The van der Waals surface area contributed by atoms with Gasteiger partial charge in [0.2, 0.25) is 0 Å². The summed E-state index contributed by atoms with van der Waals surface area (Å²) in [6.45, 7) is 5.48. The molecule has 2 rings (SSSR count). The molecule has 18 heavy (non-hydrogen) atoms. The highest BCUT2D eigenvalue weighted by Gasteiger charge is 2.20. The van der Waals surface area contributed by atoms with Gasteiger partial charge in [0.05, 0.1) is 0 Å². The lowest BCUT2D eigenvalue weighted by molar-refractivity contribution is 0.00654. The lowest BCUT2D eigenvalue weighted by atomic mass is 10.1. The van der Waals surface area contributed by atoms with Crippen LogP contribution in [0, 0.1) is 0 Å². The molecule has 0 saturated heterocycles. The third-order valence-electron chi connectivity index (χ3n) is 2.38. The Labute approximate surface area is 106 Å². The number of ether oxygens (including phenoxy) is 1. The first-order valence-electron chi connectivity index (χ1n) is 5.74. The van der Waals surface area contributed by atoms with E-state index in [1.54, 1.807) is 18.3 Å². The van der Waals surface area contributed by atoms with E-state index in [-0.39, 0.29) is 0 Å². The van der Waals surface area contributed by atoms with Crippen molar-refractivity contribution < 1.29 is 9.53 Å². The van der Waals surface area contributed by atoms with Gasteiger partial charge < -0.3 is 10.5 Å². The van der Waals surface area contributed by atoms with Gasteiger partial charge >= 0.3 is 5.97 Å². The number of nitrogens with zero attached hydrogens (tertiary/aromatic N) is 1. The Balaban J connectivity index is 2.48. The topological polar surface area (TPSA) is 65.2 Å². The van der Waals surface area contributed by atoms with Gasteiger partial charge in [-0.25, -0.2) is 9.78 Å². The summed E-state index contributed by atoms with van der Waals surface area (Å²) in [5.41, 5.74) is 6.16. The van der Waals surface area contributed by atoms with Gasteiger partial charge in [-0.15, -0.1) is 0 Å². The minimum Gasteiger partial charge on any atom is -0.455 e. The molecular formula is C14H16N2O2. The van der Waals surface area contributed by atoms with Gasteiger partial charge in [0.1, 0.15) is 5.60 Å². The van der Waals surface area contributed by atoms with Crippen LogP contribution in [-0.2, 0) is 4.74 Å². The van der Waals surface area contributed by atoms with Gasteiger partial charge in [-0.2, -0.15) is 0 Å². The Bertz CT molecular complexity index is 600. The highest BCUT2D eigenvalue weighted by atomic mass is 16.6. The van der Waals surface area contributed by atoms with Crippen molar-refractivity contribution >= 4 is 22.4 Å². The first kappa shape index (κ1) is 12.4. The molecule has 0 unspecified atom stereocenters. The molecule has 94 valence electrons. The normalized spacial score (nSPS) is 11.5. The molecule has 2 N–H and O–H groups in total. The molecule has 1 aromatic carbocycles. The van der Waals surface area contributed by atoms with Crippen LogP contribution in [0.2, 0.25) is 0 Å². The predicted octanol–water partition coefficient (Wildman–Crippen LogP) is 2.77. The number of benzene rings is 1. The zero-order valence-electron chi connectivity index (χ0n) is 10.7. The predicted molar refractivity (Wildman–Crippen MR) is 71.3 cm³/mol. The second kappa shape index (κ2) is 4.29. The molecule has 0 radical (unpaired) electrons. The number of nitrogen functional groups attached to an aromatic ring is 1. The van der Waals surface area contributed by atoms with Gasteiger partial charge in [-0.1, -0.05) is 0 Å². The fraction of sp³-hybridized carbons (Fsp3) is 0.286. The number of hydrogen-bond donors (Lipinski definition) is 1. The average molecular weight is 244 g/mol. The van der Waals surface area contributed by atoms with Crippen molar-refractivity contribution in [3.63, 3.8) is 0 Å². The van der Waals surface area contributed by atoms with E-state index >= 15 is 0 Å². The molecule has 0 amide bonds. The van der Waals surface area contributed by atoms with Crippen LogP contribution in [0.15, 0.2) is 30.5 Å². The molecule has 0 spiro atoms. The molecule has 4 heteroatoms. The van der Waals surface area contributed by atoms with E-state index in [4.69, 9.17) is 10.5 Å². The van der Waals surface area contributed by atoms with Crippen molar-refractivity contribution in [1.82, 2.24) is 4.98 Å². The highest BCUT2D eigenvalue weighted by molar-refractivity contribution is 6.03. The number of aromatic nitrogens is 1. The Hall–Kier alpha value is -2.10. The van der Waals surface area contributed by atoms with Crippen LogP contribution in [0.25, 0.3) is 10.8 Å². The van der Waals surface area contributed by atoms with Crippen molar-refractivity contribution in [1.29, 1.82) is 0 Å². The molecule has 0 aliphatic heterocycles. The summed E-state index contributed by atoms with van der Waals surface area (Å²) in [6, 6.07) is 7.17. The molecular weight excluding hydrogens is 228 g/mol. The number of nitrogens with two attached hydrogens (primary N) is 1. The molecule has 1 aromatic heterocycles. The molecule has 1 heterocycles. The van der Waals surface area contributed by atoms with E-state index in [9.17, 15) is 4.79 Å². The van der Waals surface area contributed by atoms with E-state index in [0.29, 0.717) is 11.4 Å². The zero-order valence-corrected chi connectivity index (χ0v) is 10.7. The quantitative estimate of drug-likeness (QED) is 0.618. The van der Waals surface area contributed by atoms with E-state index in [1.165, 1.54) is 0 Å². The van der Waals surface area contributed by atoms with E-state index in [0.717, 1.165) is 10.8 Å². The van der Waals surface area contributed by atoms with Gasteiger partial charge in [0.15, 0.2) is 5.69 Å². The number of rotatable bonds is 1. The fourth-order valence-corrected chi connectivity index (χ4v) is 1.69. The van der Waals surface area contributed by atoms with Crippen LogP contribution in [0.3, 0.4) is 0 Å². The standard InChI is InChI=1S/C14H16N2O2/c1-14(2,3)18-13(17)12-11-5-4-10(15)8-9(11)6-7-16-12/h4-8H,15H2,1-3H3. The first-order valence-corrected chi connectivity index (χ1v) is 5.74. The summed E-state index contributed by atoms with van der Waals surface area (Å²) in [7, 11) is 0. The minimum atomic E-state index is -0.533. The maximum Gasteiger partial charge on any atom is 0.358 e. The van der Waals surface area contributed by atoms with Crippen LogP contribution in [0.1, 0.15) is 31.3 Å². The lowest BCUT2D eigenvalue weighted by Gasteiger charge is -2.19. The summed E-state index contributed by atoms with van der Waals surface area (Å²) >= 11 is 0. The summed E-state index contributed by atoms with van der Waals surface area (Å²) in [4.78, 5) is 16.1. The number of esters is 1. The number of hydrogen-bond acceptors (Lipinski definition) is 4. The largest absolute Gasteiger partial charge is 0.455 e. The number of anilines is 1. The minimum absolute atomic E-state index is 0.322. The van der Waals surface area contributed by atoms with E-state index in [1.807, 2.05) is 32.9 Å². The first-order chi connectivity index (χ1) is 8.37. The molecule has 4 nitrogen and oxygen atoms in total. The van der Waals surface area contributed by atoms with Crippen LogP contribution < -0.4 is 5.73 Å². The van der Waals surface area contributed by atoms with Crippen molar-refractivity contribution in [2.75, 3.05) is 5.73 Å². The number of carbonyl (C=O) groups is 1. The van der Waals surface area contributed by atoms with Crippen molar-refractivity contribution in [2.45, 2.75) is 26.4 Å². The van der Waals surface area contributed by atoms with Crippen molar-refractivity contribution in [3.05, 3.63) is 36.2 Å². The smallest absolute Gasteiger partial charge is 0.358 e. The third-order valence-corrected chi connectivity index (χ3v) is 2.38. The van der Waals surface area contributed by atoms with Crippen molar-refractivity contribution in [3.8, 4) is 0 Å². The maximum absolute atomic E-state index is 12.0. The van der Waals surface area contributed by atoms with Crippen LogP contribution in [-0.4, -0.2) is 16.6 Å². The lowest BCUT2D eigenvalue weighted by Crippen LogP contribution is -2.24. The van der Waals surface area contributed by atoms with E-state index in [2.05, 4.69) is 4.98 Å². The Kier molecular flexibility index (Phi) is 2.95. The molecule has 0 fully saturated rings. The SMILES string of the molecule is CC(C)(C)OC(=O)c1nccc2cc(N)ccc12. The third kappa shape index (κ3) is 2.59. The van der Waals surface area contributed by atoms with Gasteiger partial charge in [-0.3, -0.25) is 0 Å². The Morgan fingerprint density at radius 3 is 2.67 bits per heavy atom. The maximum atomic E-state index is 12.0. The second-order valence-electron chi connectivity index (χ2n) is 5.14. The molecule has 0 atom stereocenters. The molecule has 0 aliphatic rings. The number of pyridine rings is 1. The Morgan fingerprint density at radius 2 is 2.00 bits per heavy atom. The Morgan fingerprint density at radius 1 is 1.28 bits per heavy atom. The van der Waals surface area contributed by atoms with Crippen LogP contribution >= 0.6 is 0 Å². The molecule has 2 aromatic rings. The van der Waals surface area contributed by atoms with Gasteiger partial charge in [-0.05, 0) is 50.4 Å². The summed E-state index contributed by atoms with van der Waals surface area (Å²) < 4.78 is 5.33. The fourth-order valence-electron chi connectivity index (χ4n) is 1.69. The molecule has 0 saturated carbocycles. The van der Waals surface area contributed by atoms with Gasteiger partial charge in [0.25, 0.3) is 0 Å². The summed E-state index contributed by atoms with van der Waals surface area (Å²) in [5.74, 6) is -0.419. The van der Waals surface area contributed by atoms with Crippen LogP contribution in [0.4, 0.5) is 5.69 Å². The number of fused-ring (bicyclic) bond motifs is 1. The summed E-state index contributed by atoms with van der Waals surface area (Å²) in [5, 5.41) is 1.63. The zero-order chi connectivity index (χ0) is 13.3. The number of carbonyl (C=O) groups excluding carboxylic acids is 1. The highest BCUT2D eigenvalue weighted by Crippen LogP contribution is 2.21. The molecule has 0 aliphatic carbocycles. The van der Waals surface area contributed by atoms with Crippen LogP contribution in [0.5, 0.6) is 0 Å². The van der Waals surface area contributed by atoms with Gasteiger partial charge in [0, 0.05) is 17.3 Å². The second-order valence-corrected chi connectivity index (χ2v) is 5.14. The monoisotopic (exact) mass is 244 g/mol. The molecule has 0 bridgehead atoms. The van der Waals surface area contributed by atoms with Crippen molar-refractivity contribution in [2.24, 2.45) is 0 Å². The summed E-state index contributed by atoms with van der Waals surface area (Å²) in [6.07, 6.45) is 1.58. The van der Waals surface area contributed by atoms with E-state index < -0.39 is 11.6 Å². The average Bonchev–Trinajstić information content (AvgIpc) is 2.25.